The van der Waals surface area contributed by atoms with Gasteiger partial charge in [0, 0.05) is 21.3 Å². The highest BCUT2D eigenvalue weighted by Crippen LogP contribution is 2.03. The van der Waals surface area contributed by atoms with Gasteiger partial charge in [-0.1, -0.05) is 0 Å². The van der Waals surface area contributed by atoms with E-state index in [9.17, 15) is 0 Å². The zero-order valence-corrected chi connectivity index (χ0v) is 9.09. The van der Waals surface area contributed by atoms with Crippen LogP contribution in [0.1, 0.15) is 6.92 Å². The summed E-state index contributed by atoms with van der Waals surface area (Å²) >= 11 is 0. The highest BCUT2D eigenvalue weighted by molar-refractivity contribution is 6.60. The van der Waals surface area contributed by atoms with E-state index in [1.54, 1.807) is 21.3 Å². The topological polar surface area (TPSA) is 65.7 Å². The van der Waals surface area contributed by atoms with Crippen molar-refractivity contribution in [3.63, 3.8) is 0 Å². The fourth-order valence-corrected chi connectivity index (χ4v) is 2.26. The monoisotopic (exact) mass is 194 g/mol. The van der Waals surface area contributed by atoms with Gasteiger partial charge in [0.1, 0.15) is 0 Å². The molecule has 0 aromatic heterocycles. The van der Waals surface area contributed by atoms with Gasteiger partial charge in [0.25, 0.3) is 0 Å². The van der Waals surface area contributed by atoms with Gasteiger partial charge < -0.3 is 19.0 Å². The second-order valence-electron chi connectivity index (χ2n) is 2.46. The Morgan fingerprint density at radius 1 is 1.25 bits per heavy atom. The molecule has 0 spiro atoms. The molecular formula is C6H18N2O3Si. The van der Waals surface area contributed by atoms with Gasteiger partial charge in [0.15, 0.2) is 0 Å². The van der Waals surface area contributed by atoms with Crippen LogP contribution in [0.3, 0.4) is 0 Å². The van der Waals surface area contributed by atoms with Crippen molar-refractivity contribution in [1.82, 2.24) is 5.32 Å². The average molecular weight is 194 g/mol. The molecular weight excluding hydrogens is 176 g/mol. The predicted octanol–water partition coefficient (Wildman–Crippen LogP) is -0.702. The molecule has 0 aliphatic rings. The Kier molecular flexibility index (Phi) is 5.63. The summed E-state index contributed by atoms with van der Waals surface area (Å²) in [6.07, 6.45) is 0.436. The van der Waals surface area contributed by atoms with Crippen LogP contribution in [0.5, 0.6) is 0 Å². The minimum atomic E-state index is -2.47. The maximum absolute atomic E-state index is 5.51. The van der Waals surface area contributed by atoms with Gasteiger partial charge in [-0.05, 0) is 6.92 Å². The molecule has 1 atom stereocenters. The van der Waals surface area contributed by atoms with Crippen LogP contribution in [-0.2, 0) is 13.3 Å². The Balaban J connectivity index is 3.93. The molecule has 0 radical (unpaired) electrons. The second kappa shape index (κ2) is 5.63. The first kappa shape index (κ1) is 12.0. The van der Waals surface area contributed by atoms with Crippen molar-refractivity contribution in [1.29, 1.82) is 0 Å². The van der Waals surface area contributed by atoms with E-state index in [0.717, 1.165) is 0 Å². The van der Waals surface area contributed by atoms with Crippen molar-refractivity contribution in [2.75, 3.05) is 27.5 Å². The van der Waals surface area contributed by atoms with E-state index in [-0.39, 0.29) is 6.17 Å². The number of nitrogens with two attached hydrogens (primary N) is 1. The van der Waals surface area contributed by atoms with E-state index < -0.39 is 8.80 Å². The molecule has 0 aromatic rings. The zero-order valence-electron chi connectivity index (χ0n) is 8.09. The average Bonchev–Trinajstić information content (AvgIpc) is 2.08. The normalized spacial score (nSPS) is 14.8. The summed E-state index contributed by atoms with van der Waals surface area (Å²) in [7, 11) is 2.24. The summed E-state index contributed by atoms with van der Waals surface area (Å²) in [5.74, 6) is 0. The molecule has 0 amide bonds. The number of rotatable bonds is 6. The van der Waals surface area contributed by atoms with Gasteiger partial charge in [-0.15, -0.1) is 0 Å². The molecule has 0 fully saturated rings. The third-order valence-electron chi connectivity index (χ3n) is 1.57. The maximum atomic E-state index is 5.51. The molecule has 12 heavy (non-hydrogen) atoms. The fraction of sp³-hybridized carbons (Fsp3) is 1.00. The minimum Gasteiger partial charge on any atom is -0.376 e. The van der Waals surface area contributed by atoms with Gasteiger partial charge in [0.2, 0.25) is 0 Å². The van der Waals surface area contributed by atoms with Crippen molar-refractivity contribution < 1.29 is 13.3 Å². The molecule has 0 aliphatic heterocycles. The SMILES string of the molecule is CO[Si](CNC(C)N)(OC)OC. The second-order valence-corrected chi connectivity index (χ2v) is 5.41. The highest BCUT2D eigenvalue weighted by atomic mass is 28.4. The lowest BCUT2D eigenvalue weighted by Gasteiger charge is -2.25. The van der Waals surface area contributed by atoms with Crippen LogP contribution in [0.4, 0.5) is 0 Å². The molecule has 0 bridgehead atoms. The van der Waals surface area contributed by atoms with Gasteiger partial charge in [-0.25, -0.2) is 0 Å². The summed E-state index contributed by atoms with van der Waals surface area (Å²) in [5.41, 5.74) is 5.51. The van der Waals surface area contributed by atoms with Gasteiger partial charge >= 0.3 is 8.80 Å². The first-order chi connectivity index (χ1) is 5.60. The van der Waals surface area contributed by atoms with Gasteiger partial charge in [0.05, 0.1) is 12.3 Å². The van der Waals surface area contributed by atoms with Crippen LogP contribution >= 0.6 is 0 Å². The van der Waals surface area contributed by atoms with Crippen molar-refractivity contribution in [3.8, 4) is 0 Å². The molecule has 0 heterocycles. The van der Waals surface area contributed by atoms with Crippen molar-refractivity contribution in [2.24, 2.45) is 5.73 Å². The third kappa shape index (κ3) is 3.61. The third-order valence-corrected chi connectivity index (χ3v) is 4.08. The summed E-state index contributed by atoms with van der Waals surface area (Å²) in [6, 6.07) is 0. The first-order valence-electron chi connectivity index (χ1n) is 3.74. The number of hydrogen-bond acceptors (Lipinski definition) is 5. The van der Waals surface area contributed by atoms with E-state index in [1.807, 2.05) is 6.92 Å². The molecule has 6 heteroatoms. The molecule has 0 saturated carbocycles. The Labute approximate surface area is 74.5 Å². The minimum absolute atomic E-state index is 0.0858. The Hall–Kier alpha value is 0.0169. The van der Waals surface area contributed by atoms with E-state index in [0.29, 0.717) is 6.17 Å². The van der Waals surface area contributed by atoms with E-state index >= 15 is 0 Å². The standard InChI is InChI=1S/C6H18N2O3Si/c1-6(7)8-5-12(9-2,10-3)11-4/h6,8H,5,7H2,1-4H3. The highest BCUT2D eigenvalue weighted by Gasteiger charge is 2.37. The molecule has 0 aromatic carbocycles. The van der Waals surface area contributed by atoms with E-state index in [4.69, 9.17) is 19.0 Å². The number of hydrogen-bond donors (Lipinski definition) is 2. The predicted molar refractivity (Wildman–Crippen MR) is 48.4 cm³/mol. The smallest absolute Gasteiger partial charge is 0.376 e. The largest absolute Gasteiger partial charge is 0.514 e. The van der Waals surface area contributed by atoms with Crippen molar-refractivity contribution in [3.05, 3.63) is 0 Å². The van der Waals surface area contributed by atoms with Crippen LogP contribution in [0, 0.1) is 0 Å². The van der Waals surface area contributed by atoms with E-state index in [1.165, 1.54) is 0 Å². The van der Waals surface area contributed by atoms with Crippen LogP contribution in [0.15, 0.2) is 0 Å². The van der Waals surface area contributed by atoms with Gasteiger partial charge in [-0.3, -0.25) is 5.32 Å². The van der Waals surface area contributed by atoms with Crippen LogP contribution in [0.2, 0.25) is 0 Å². The van der Waals surface area contributed by atoms with E-state index in [2.05, 4.69) is 5.32 Å². The van der Waals surface area contributed by atoms with Crippen molar-refractivity contribution >= 4 is 8.80 Å². The van der Waals surface area contributed by atoms with Crippen molar-refractivity contribution in [2.45, 2.75) is 13.1 Å². The Bertz CT molecular complexity index is 111. The molecule has 0 aliphatic carbocycles. The molecule has 5 nitrogen and oxygen atoms in total. The lowest BCUT2D eigenvalue weighted by atomic mass is 10.6. The molecule has 3 N–H and O–H groups in total. The van der Waals surface area contributed by atoms with Gasteiger partial charge in [-0.2, -0.15) is 0 Å². The Morgan fingerprint density at radius 2 is 1.67 bits per heavy atom. The Morgan fingerprint density at radius 3 is 1.92 bits per heavy atom. The molecule has 0 saturated heterocycles. The summed E-state index contributed by atoms with van der Waals surface area (Å²) in [5, 5.41) is 3.00. The molecule has 74 valence electrons. The van der Waals surface area contributed by atoms with Crippen LogP contribution in [0.25, 0.3) is 0 Å². The summed E-state index contributed by atoms with van der Waals surface area (Å²) < 4.78 is 15.5. The zero-order chi connectivity index (χ0) is 9.61. The lowest BCUT2D eigenvalue weighted by Crippen LogP contribution is -2.55. The fourth-order valence-electron chi connectivity index (χ4n) is 0.752. The van der Waals surface area contributed by atoms with Crippen LogP contribution < -0.4 is 11.1 Å². The maximum Gasteiger partial charge on any atom is 0.514 e. The molecule has 0 rings (SSSR count). The first-order valence-corrected chi connectivity index (χ1v) is 5.68. The summed E-state index contributed by atoms with van der Waals surface area (Å²) in [6.45, 7) is 1.85. The lowest BCUT2D eigenvalue weighted by molar-refractivity contribution is 0.121. The van der Waals surface area contributed by atoms with Crippen LogP contribution in [-0.4, -0.2) is 42.5 Å². The molecule has 1 unspecified atom stereocenters. The number of nitrogens with one attached hydrogen (secondary N) is 1. The quantitative estimate of drug-likeness (QED) is 0.432. The summed E-state index contributed by atoms with van der Waals surface area (Å²) in [4.78, 5) is 0.